The lowest BCUT2D eigenvalue weighted by molar-refractivity contribution is -0.125. The third-order valence-electron chi connectivity index (χ3n) is 6.16. The summed E-state index contributed by atoms with van der Waals surface area (Å²) >= 11 is 0. The van der Waals surface area contributed by atoms with Crippen LogP contribution in [0, 0.1) is 0 Å². The first-order chi connectivity index (χ1) is 16.2. The Morgan fingerprint density at radius 3 is 2.62 bits per heavy atom. The predicted octanol–water partition coefficient (Wildman–Crippen LogP) is 1.83. The second kappa shape index (κ2) is 7.62. The van der Waals surface area contributed by atoms with Gasteiger partial charge in [0.15, 0.2) is 5.54 Å². The van der Waals surface area contributed by atoms with Crippen molar-refractivity contribution in [2.75, 3.05) is 27.7 Å². The molecule has 0 spiro atoms. The summed E-state index contributed by atoms with van der Waals surface area (Å²) in [5.41, 5.74) is 0.463. The number of benzene rings is 2. The molecular weight excluding hydrogens is 440 g/mol. The smallest absolute Gasteiger partial charge is 0.322 e. The summed E-state index contributed by atoms with van der Waals surface area (Å²) in [6.45, 7) is 0.133. The molecule has 0 radical (unpaired) electrons. The molecule has 2 aliphatic rings. The molecule has 5 rings (SSSR count). The van der Waals surface area contributed by atoms with Gasteiger partial charge in [-0.25, -0.2) is 4.79 Å². The van der Waals surface area contributed by atoms with E-state index < -0.39 is 17.5 Å². The SMILES string of the molecule is COc1ccc2c(c1)C(=O)N(CC1(c3cc4ccc(C(=O)N(C)C)cc4o3)NC(=O)NC1=O)C2. The molecule has 3 aromatic rings. The van der Waals surface area contributed by atoms with Crippen molar-refractivity contribution >= 4 is 34.7 Å². The number of fused-ring (bicyclic) bond motifs is 2. The molecule has 1 saturated heterocycles. The number of nitrogens with one attached hydrogen (secondary N) is 2. The van der Waals surface area contributed by atoms with Gasteiger partial charge in [-0.1, -0.05) is 12.1 Å². The van der Waals surface area contributed by atoms with Gasteiger partial charge >= 0.3 is 6.03 Å². The highest BCUT2D eigenvalue weighted by atomic mass is 16.5. The van der Waals surface area contributed by atoms with E-state index in [4.69, 9.17) is 9.15 Å². The maximum absolute atomic E-state index is 13.1. The van der Waals surface area contributed by atoms with Gasteiger partial charge in [-0.15, -0.1) is 0 Å². The standard InChI is InChI=1S/C24H22N4O6/c1-27(2)20(29)14-5-4-13-9-19(34-18(13)8-14)24(22(31)25-23(32)26-24)12-28-11-15-6-7-16(33-3)10-17(15)21(28)30/h4-10H,11-12H2,1-3H3,(H2,25,26,31,32). The second-order valence-electron chi connectivity index (χ2n) is 8.56. The van der Waals surface area contributed by atoms with Gasteiger partial charge in [-0.3, -0.25) is 19.7 Å². The van der Waals surface area contributed by atoms with Crippen molar-refractivity contribution in [2.24, 2.45) is 0 Å². The zero-order valence-electron chi connectivity index (χ0n) is 18.8. The zero-order valence-corrected chi connectivity index (χ0v) is 18.8. The van der Waals surface area contributed by atoms with Crippen molar-refractivity contribution in [1.29, 1.82) is 0 Å². The molecule has 2 aromatic carbocycles. The van der Waals surface area contributed by atoms with Crippen LogP contribution in [0.3, 0.4) is 0 Å². The van der Waals surface area contributed by atoms with Crippen LogP contribution in [-0.4, -0.2) is 61.3 Å². The zero-order chi connectivity index (χ0) is 24.2. The van der Waals surface area contributed by atoms with Crippen LogP contribution in [0.15, 0.2) is 46.9 Å². The maximum atomic E-state index is 13.1. The molecule has 174 valence electrons. The van der Waals surface area contributed by atoms with Gasteiger partial charge in [0.05, 0.1) is 13.7 Å². The number of hydrogen-bond donors (Lipinski definition) is 2. The Labute approximate surface area is 194 Å². The Bertz CT molecular complexity index is 1380. The Morgan fingerprint density at radius 2 is 1.94 bits per heavy atom. The number of urea groups is 1. The Kier molecular flexibility index (Phi) is 4.82. The minimum atomic E-state index is -1.62. The number of carbonyl (C=O) groups is 4. The molecule has 10 heteroatoms. The number of amides is 5. The first kappa shape index (κ1) is 21.5. The summed E-state index contributed by atoms with van der Waals surface area (Å²) < 4.78 is 11.2. The topological polar surface area (TPSA) is 121 Å². The summed E-state index contributed by atoms with van der Waals surface area (Å²) in [5.74, 6) is -0.380. The summed E-state index contributed by atoms with van der Waals surface area (Å²) in [4.78, 5) is 53.6. The molecule has 1 aromatic heterocycles. The van der Waals surface area contributed by atoms with Gasteiger partial charge in [0, 0.05) is 37.2 Å². The molecule has 10 nitrogen and oxygen atoms in total. The van der Waals surface area contributed by atoms with Crippen LogP contribution in [0.25, 0.3) is 11.0 Å². The van der Waals surface area contributed by atoms with E-state index in [9.17, 15) is 19.2 Å². The Hall–Kier alpha value is -4.34. The van der Waals surface area contributed by atoms with Gasteiger partial charge in [-0.2, -0.15) is 0 Å². The third-order valence-corrected chi connectivity index (χ3v) is 6.16. The highest BCUT2D eigenvalue weighted by Gasteiger charge is 2.53. The van der Waals surface area contributed by atoms with E-state index >= 15 is 0 Å². The summed E-state index contributed by atoms with van der Waals surface area (Å²) in [6, 6.07) is 11.1. The second-order valence-corrected chi connectivity index (χ2v) is 8.56. The average Bonchev–Trinajstić information content (AvgIpc) is 3.46. The fourth-order valence-corrected chi connectivity index (χ4v) is 4.37. The van der Waals surface area contributed by atoms with E-state index in [0.29, 0.717) is 27.8 Å². The predicted molar refractivity (Wildman–Crippen MR) is 120 cm³/mol. The first-order valence-electron chi connectivity index (χ1n) is 10.6. The molecule has 3 heterocycles. The van der Waals surface area contributed by atoms with E-state index in [0.717, 1.165) is 5.56 Å². The molecule has 34 heavy (non-hydrogen) atoms. The normalized spacial score (nSPS) is 19.3. The van der Waals surface area contributed by atoms with Crippen LogP contribution >= 0.6 is 0 Å². The molecule has 0 aliphatic carbocycles. The Balaban J connectivity index is 1.53. The fourth-order valence-electron chi connectivity index (χ4n) is 4.37. The van der Waals surface area contributed by atoms with Gasteiger partial charge in [0.2, 0.25) is 0 Å². The van der Waals surface area contributed by atoms with Gasteiger partial charge in [0.25, 0.3) is 17.7 Å². The van der Waals surface area contributed by atoms with Crippen LogP contribution in [-0.2, 0) is 16.9 Å². The number of hydrogen-bond acceptors (Lipinski definition) is 6. The largest absolute Gasteiger partial charge is 0.497 e. The summed E-state index contributed by atoms with van der Waals surface area (Å²) in [5, 5.41) is 5.57. The monoisotopic (exact) mass is 462 g/mol. The number of nitrogens with zero attached hydrogens (tertiary/aromatic N) is 2. The average molecular weight is 462 g/mol. The molecule has 1 unspecified atom stereocenters. The molecule has 0 bridgehead atoms. The number of carbonyl (C=O) groups excluding carboxylic acids is 4. The highest BCUT2D eigenvalue weighted by Crippen LogP contribution is 2.35. The Morgan fingerprint density at radius 1 is 1.15 bits per heavy atom. The van der Waals surface area contributed by atoms with Crippen molar-refractivity contribution in [3.63, 3.8) is 0 Å². The highest BCUT2D eigenvalue weighted by molar-refractivity contribution is 6.08. The van der Waals surface area contributed by atoms with Crippen LogP contribution in [0.4, 0.5) is 4.79 Å². The van der Waals surface area contributed by atoms with Crippen LogP contribution < -0.4 is 15.4 Å². The van der Waals surface area contributed by atoms with E-state index in [2.05, 4.69) is 10.6 Å². The van der Waals surface area contributed by atoms with Crippen molar-refractivity contribution in [3.05, 3.63) is 64.9 Å². The summed E-state index contributed by atoms with van der Waals surface area (Å²) in [6.07, 6.45) is 0. The van der Waals surface area contributed by atoms with E-state index in [1.165, 1.54) is 16.9 Å². The van der Waals surface area contributed by atoms with Crippen LogP contribution in [0.1, 0.15) is 32.0 Å². The maximum Gasteiger partial charge on any atom is 0.322 e. The number of rotatable bonds is 5. The minimum Gasteiger partial charge on any atom is -0.497 e. The fraction of sp³-hybridized carbons (Fsp3) is 0.250. The molecule has 2 aliphatic heterocycles. The number of furan rings is 1. The lowest BCUT2D eigenvalue weighted by Crippen LogP contribution is -2.52. The molecule has 2 N–H and O–H groups in total. The van der Waals surface area contributed by atoms with Crippen molar-refractivity contribution in [3.8, 4) is 5.75 Å². The number of ether oxygens (including phenoxy) is 1. The van der Waals surface area contributed by atoms with Gasteiger partial charge in [0.1, 0.15) is 17.1 Å². The molecule has 0 saturated carbocycles. The van der Waals surface area contributed by atoms with Crippen LogP contribution in [0.2, 0.25) is 0 Å². The molecule has 1 atom stereocenters. The van der Waals surface area contributed by atoms with Crippen molar-refractivity contribution in [2.45, 2.75) is 12.1 Å². The lowest BCUT2D eigenvalue weighted by atomic mass is 9.95. The molecular formula is C24H22N4O6. The third kappa shape index (κ3) is 3.26. The van der Waals surface area contributed by atoms with Gasteiger partial charge in [-0.05, 0) is 35.9 Å². The van der Waals surface area contributed by atoms with E-state index in [1.807, 2.05) is 0 Å². The minimum absolute atomic E-state index is 0.135. The lowest BCUT2D eigenvalue weighted by Gasteiger charge is -2.29. The quantitative estimate of drug-likeness (QED) is 0.558. The summed E-state index contributed by atoms with van der Waals surface area (Å²) in [7, 11) is 4.81. The number of imide groups is 1. The van der Waals surface area contributed by atoms with E-state index in [-0.39, 0.29) is 30.7 Å². The van der Waals surface area contributed by atoms with Crippen molar-refractivity contribution < 1.29 is 28.3 Å². The van der Waals surface area contributed by atoms with E-state index in [1.54, 1.807) is 56.6 Å². The van der Waals surface area contributed by atoms with Gasteiger partial charge < -0.3 is 24.3 Å². The number of methoxy groups -OCH3 is 1. The molecule has 1 fully saturated rings. The molecule has 5 amide bonds. The first-order valence-corrected chi connectivity index (χ1v) is 10.6. The van der Waals surface area contributed by atoms with Crippen LogP contribution in [0.5, 0.6) is 5.75 Å². The van der Waals surface area contributed by atoms with Crippen molar-refractivity contribution in [1.82, 2.24) is 20.4 Å².